The van der Waals surface area contributed by atoms with E-state index in [1.165, 1.54) is 0 Å². The first kappa shape index (κ1) is 15.2. The molecule has 0 aromatic carbocycles. The molecule has 4 nitrogen and oxygen atoms in total. The third-order valence-corrected chi connectivity index (χ3v) is 2.97. The third-order valence-electron chi connectivity index (χ3n) is 2.62. The number of halogens is 1. The fraction of sp³-hybridized carbons (Fsp3) is 0.615. The Morgan fingerprint density at radius 2 is 2.22 bits per heavy atom. The molecule has 1 atom stereocenters. The van der Waals surface area contributed by atoms with E-state index in [0.717, 1.165) is 31.0 Å². The highest BCUT2D eigenvalue weighted by Gasteiger charge is 2.08. The zero-order valence-electron chi connectivity index (χ0n) is 11.3. The summed E-state index contributed by atoms with van der Waals surface area (Å²) < 4.78 is 0. The molecule has 0 aliphatic rings. The van der Waals surface area contributed by atoms with Crippen LogP contribution in [0.3, 0.4) is 0 Å². The Balaban J connectivity index is 2.61. The standard InChI is InChI=1S/C13H22ClN3O/c1-4-15-13-6-5-11(14)12(16-13)9-17(3)8-7-10(2)18/h5-6,10,18H,4,7-9H2,1-3H3,(H,15,16). The number of hydrogen-bond donors (Lipinski definition) is 2. The summed E-state index contributed by atoms with van der Waals surface area (Å²) in [7, 11) is 2.00. The van der Waals surface area contributed by atoms with Crippen LogP contribution in [0.1, 0.15) is 26.0 Å². The molecule has 0 bridgehead atoms. The Bertz CT molecular complexity index is 371. The molecular formula is C13H22ClN3O. The molecule has 1 unspecified atom stereocenters. The summed E-state index contributed by atoms with van der Waals surface area (Å²) in [5.41, 5.74) is 0.864. The van der Waals surface area contributed by atoms with Gasteiger partial charge in [0.2, 0.25) is 0 Å². The van der Waals surface area contributed by atoms with E-state index in [0.29, 0.717) is 11.6 Å². The SMILES string of the molecule is CCNc1ccc(Cl)c(CN(C)CCC(C)O)n1. The number of pyridine rings is 1. The number of nitrogens with zero attached hydrogens (tertiary/aromatic N) is 2. The molecule has 1 aromatic heterocycles. The van der Waals surface area contributed by atoms with E-state index in [1.807, 2.05) is 26.1 Å². The van der Waals surface area contributed by atoms with Crippen molar-refractivity contribution in [1.29, 1.82) is 0 Å². The molecule has 1 heterocycles. The lowest BCUT2D eigenvalue weighted by molar-refractivity contribution is 0.162. The quantitative estimate of drug-likeness (QED) is 0.799. The topological polar surface area (TPSA) is 48.4 Å². The summed E-state index contributed by atoms with van der Waals surface area (Å²) in [4.78, 5) is 6.59. The fourth-order valence-corrected chi connectivity index (χ4v) is 1.78. The van der Waals surface area contributed by atoms with Crippen molar-refractivity contribution in [3.8, 4) is 0 Å². The van der Waals surface area contributed by atoms with Crippen molar-refractivity contribution in [1.82, 2.24) is 9.88 Å². The summed E-state index contributed by atoms with van der Waals surface area (Å²) in [5.74, 6) is 0.848. The van der Waals surface area contributed by atoms with Crippen LogP contribution in [0.5, 0.6) is 0 Å². The maximum atomic E-state index is 9.26. The van der Waals surface area contributed by atoms with Gasteiger partial charge in [0.25, 0.3) is 0 Å². The zero-order valence-corrected chi connectivity index (χ0v) is 12.0. The lowest BCUT2D eigenvalue weighted by atomic mass is 10.2. The van der Waals surface area contributed by atoms with Gasteiger partial charge in [0.15, 0.2) is 0 Å². The van der Waals surface area contributed by atoms with E-state index in [-0.39, 0.29) is 6.10 Å². The third kappa shape index (κ3) is 5.21. The average molecular weight is 272 g/mol. The predicted molar refractivity (Wildman–Crippen MR) is 76.0 cm³/mol. The highest BCUT2D eigenvalue weighted by atomic mass is 35.5. The van der Waals surface area contributed by atoms with Crippen LogP contribution >= 0.6 is 11.6 Å². The second-order valence-corrected chi connectivity index (χ2v) is 4.94. The van der Waals surface area contributed by atoms with E-state index in [4.69, 9.17) is 11.6 Å². The van der Waals surface area contributed by atoms with E-state index in [2.05, 4.69) is 15.2 Å². The van der Waals surface area contributed by atoms with Crippen molar-refractivity contribution >= 4 is 17.4 Å². The van der Waals surface area contributed by atoms with Gasteiger partial charge in [0.05, 0.1) is 16.8 Å². The highest BCUT2D eigenvalue weighted by molar-refractivity contribution is 6.31. The van der Waals surface area contributed by atoms with Crippen LogP contribution in [0, 0.1) is 0 Å². The van der Waals surface area contributed by atoms with Gasteiger partial charge in [-0.05, 0) is 39.4 Å². The second kappa shape index (κ2) is 7.56. The second-order valence-electron chi connectivity index (χ2n) is 4.53. The molecule has 0 saturated carbocycles. The van der Waals surface area contributed by atoms with Crippen LogP contribution in [-0.4, -0.2) is 41.2 Å². The van der Waals surface area contributed by atoms with Crippen LogP contribution in [-0.2, 0) is 6.54 Å². The number of aliphatic hydroxyl groups excluding tert-OH is 1. The number of hydrogen-bond acceptors (Lipinski definition) is 4. The van der Waals surface area contributed by atoms with Crippen molar-refractivity contribution < 1.29 is 5.11 Å². The number of anilines is 1. The maximum absolute atomic E-state index is 9.26. The molecule has 0 amide bonds. The molecule has 1 aromatic rings. The van der Waals surface area contributed by atoms with Crippen LogP contribution in [0.15, 0.2) is 12.1 Å². The molecule has 0 saturated heterocycles. The monoisotopic (exact) mass is 271 g/mol. The molecule has 2 N–H and O–H groups in total. The van der Waals surface area contributed by atoms with Crippen LogP contribution in [0.4, 0.5) is 5.82 Å². The summed E-state index contributed by atoms with van der Waals surface area (Å²) >= 11 is 6.14. The molecular weight excluding hydrogens is 250 g/mol. The van der Waals surface area contributed by atoms with Gasteiger partial charge in [-0.2, -0.15) is 0 Å². The Morgan fingerprint density at radius 3 is 2.83 bits per heavy atom. The molecule has 0 fully saturated rings. The van der Waals surface area contributed by atoms with E-state index in [9.17, 15) is 5.11 Å². The number of nitrogens with one attached hydrogen (secondary N) is 1. The summed E-state index contributed by atoms with van der Waals surface area (Å²) in [6.45, 7) is 6.17. The van der Waals surface area contributed by atoms with Gasteiger partial charge in [-0.1, -0.05) is 11.6 Å². The van der Waals surface area contributed by atoms with Gasteiger partial charge in [0, 0.05) is 19.6 Å². The summed E-state index contributed by atoms with van der Waals surface area (Å²) in [5, 5.41) is 13.1. The Morgan fingerprint density at radius 1 is 1.50 bits per heavy atom. The van der Waals surface area contributed by atoms with Crippen LogP contribution in [0.2, 0.25) is 5.02 Å². The molecule has 0 radical (unpaired) electrons. The van der Waals surface area contributed by atoms with E-state index >= 15 is 0 Å². The number of rotatable bonds is 7. The van der Waals surface area contributed by atoms with Crippen LogP contribution < -0.4 is 5.32 Å². The van der Waals surface area contributed by atoms with E-state index < -0.39 is 0 Å². The first-order chi connectivity index (χ1) is 8.52. The number of aromatic nitrogens is 1. The van der Waals surface area contributed by atoms with Gasteiger partial charge >= 0.3 is 0 Å². The fourth-order valence-electron chi connectivity index (χ4n) is 1.62. The molecule has 1 rings (SSSR count). The molecule has 5 heteroatoms. The summed E-state index contributed by atoms with van der Waals surface area (Å²) in [6, 6.07) is 3.75. The average Bonchev–Trinajstić information content (AvgIpc) is 2.31. The van der Waals surface area contributed by atoms with Gasteiger partial charge in [-0.15, -0.1) is 0 Å². The van der Waals surface area contributed by atoms with Crippen molar-refractivity contribution in [2.45, 2.75) is 32.9 Å². The largest absolute Gasteiger partial charge is 0.393 e. The van der Waals surface area contributed by atoms with Crippen molar-refractivity contribution in [2.24, 2.45) is 0 Å². The first-order valence-corrected chi connectivity index (χ1v) is 6.66. The zero-order chi connectivity index (χ0) is 13.5. The van der Waals surface area contributed by atoms with Crippen molar-refractivity contribution in [3.63, 3.8) is 0 Å². The van der Waals surface area contributed by atoms with Crippen molar-refractivity contribution in [3.05, 3.63) is 22.8 Å². The first-order valence-electron chi connectivity index (χ1n) is 6.28. The lowest BCUT2D eigenvalue weighted by Gasteiger charge is -2.18. The normalized spacial score (nSPS) is 12.8. The maximum Gasteiger partial charge on any atom is 0.126 e. The Labute approximate surface area is 114 Å². The van der Waals surface area contributed by atoms with Crippen LogP contribution in [0.25, 0.3) is 0 Å². The van der Waals surface area contributed by atoms with E-state index in [1.54, 1.807) is 6.92 Å². The smallest absolute Gasteiger partial charge is 0.126 e. The Hall–Kier alpha value is -0.840. The Kier molecular flexibility index (Phi) is 6.39. The molecule has 0 spiro atoms. The lowest BCUT2D eigenvalue weighted by Crippen LogP contribution is -2.23. The summed E-state index contributed by atoms with van der Waals surface area (Å²) in [6.07, 6.45) is 0.477. The van der Waals surface area contributed by atoms with Gasteiger partial charge in [0.1, 0.15) is 5.82 Å². The molecule has 0 aliphatic carbocycles. The predicted octanol–water partition coefficient (Wildman–Crippen LogP) is 2.37. The van der Waals surface area contributed by atoms with Gasteiger partial charge in [-0.3, -0.25) is 0 Å². The molecule has 102 valence electrons. The minimum absolute atomic E-state index is 0.274. The van der Waals surface area contributed by atoms with Gasteiger partial charge in [-0.25, -0.2) is 4.98 Å². The minimum Gasteiger partial charge on any atom is -0.393 e. The minimum atomic E-state index is -0.274. The van der Waals surface area contributed by atoms with Gasteiger partial charge < -0.3 is 15.3 Å². The molecule has 0 aliphatic heterocycles. The van der Waals surface area contributed by atoms with Crippen molar-refractivity contribution in [2.75, 3.05) is 25.5 Å². The number of aliphatic hydroxyl groups is 1. The molecule has 18 heavy (non-hydrogen) atoms. The highest BCUT2D eigenvalue weighted by Crippen LogP contribution is 2.18.